The predicted molar refractivity (Wildman–Crippen MR) is 85.3 cm³/mol. The van der Waals surface area contributed by atoms with E-state index in [2.05, 4.69) is 79.2 Å². The molecule has 0 atom stereocenters. The van der Waals surface area contributed by atoms with Gasteiger partial charge in [-0.15, -0.1) is 30.1 Å². The van der Waals surface area contributed by atoms with Crippen LogP contribution in [0.5, 0.6) is 0 Å². The fourth-order valence-corrected chi connectivity index (χ4v) is 10.3. The summed E-state index contributed by atoms with van der Waals surface area (Å²) in [7, 11) is -1.48. The summed E-state index contributed by atoms with van der Waals surface area (Å²) in [6, 6.07) is 11.0. The Bertz CT molecular complexity index is 380. The molecule has 1 aromatic carbocycles. The first-order valence-electron chi connectivity index (χ1n) is 6.09. The maximum Gasteiger partial charge on any atom is 0.106 e. The van der Waals surface area contributed by atoms with E-state index in [0.29, 0.717) is 0 Å². The third-order valence-corrected chi connectivity index (χ3v) is 13.4. The zero-order valence-corrected chi connectivity index (χ0v) is 13.2. The Balaban J connectivity index is 2.47. The summed E-state index contributed by atoms with van der Waals surface area (Å²) in [5.41, 5.74) is 3.75. The van der Waals surface area contributed by atoms with Crippen LogP contribution in [0.4, 0.5) is 0 Å². The van der Waals surface area contributed by atoms with Crippen LogP contribution in [0, 0.1) is 0 Å². The third kappa shape index (κ3) is 2.38. The summed E-state index contributed by atoms with van der Waals surface area (Å²) in [5, 5.41) is 0. The molecule has 17 heavy (non-hydrogen) atoms. The summed E-state index contributed by atoms with van der Waals surface area (Å²) in [6.07, 6.45) is 1.34. The van der Waals surface area contributed by atoms with E-state index < -0.39 is 8.07 Å². The average Bonchev–Trinajstić information content (AvgIpc) is 2.40. The zero-order valence-electron chi connectivity index (χ0n) is 10.6. The number of rotatable bonds is 3. The van der Waals surface area contributed by atoms with E-state index in [4.69, 9.17) is 0 Å². The van der Waals surface area contributed by atoms with E-state index in [-0.39, 0.29) is 3.70 Å². The van der Waals surface area contributed by atoms with Gasteiger partial charge >= 0.3 is 0 Å². The summed E-state index contributed by atoms with van der Waals surface area (Å²) < 4.78 is 0.272. The smallest absolute Gasteiger partial charge is 0.106 e. The van der Waals surface area contributed by atoms with Gasteiger partial charge in [0.25, 0.3) is 0 Å². The van der Waals surface area contributed by atoms with Crippen LogP contribution in [0.1, 0.15) is 12.0 Å². The molecular formula is C14H20S2Si. The topological polar surface area (TPSA) is 0 Å². The highest BCUT2D eigenvalue weighted by atomic mass is 32.2. The molecule has 0 radical (unpaired) electrons. The van der Waals surface area contributed by atoms with E-state index in [9.17, 15) is 0 Å². The lowest BCUT2D eigenvalue weighted by Gasteiger charge is -2.45. The first kappa shape index (κ1) is 13.3. The Kier molecular flexibility index (Phi) is 4.11. The highest BCUT2D eigenvalue weighted by Gasteiger charge is 2.48. The number of benzene rings is 1. The van der Waals surface area contributed by atoms with E-state index in [1.807, 2.05) is 0 Å². The van der Waals surface area contributed by atoms with Gasteiger partial charge < -0.3 is 0 Å². The van der Waals surface area contributed by atoms with Crippen molar-refractivity contribution in [3.63, 3.8) is 0 Å². The van der Waals surface area contributed by atoms with E-state index in [1.54, 1.807) is 0 Å². The van der Waals surface area contributed by atoms with Crippen LogP contribution in [0.25, 0.3) is 0 Å². The summed E-state index contributed by atoms with van der Waals surface area (Å²) in [5.74, 6) is 2.57. The fraction of sp³-hybridized carbons (Fsp3) is 0.429. The van der Waals surface area contributed by atoms with Crippen molar-refractivity contribution in [2.75, 3.05) is 11.5 Å². The van der Waals surface area contributed by atoms with Crippen molar-refractivity contribution in [3.8, 4) is 0 Å². The van der Waals surface area contributed by atoms with Gasteiger partial charge in [0, 0.05) is 0 Å². The fourth-order valence-electron chi connectivity index (χ4n) is 2.24. The third-order valence-electron chi connectivity index (χ3n) is 3.41. The Morgan fingerprint density at radius 2 is 1.76 bits per heavy atom. The van der Waals surface area contributed by atoms with Gasteiger partial charge in [-0.1, -0.05) is 49.1 Å². The molecule has 0 bridgehead atoms. The van der Waals surface area contributed by atoms with Crippen molar-refractivity contribution in [1.29, 1.82) is 0 Å². The minimum absolute atomic E-state index is 0.272. The molecule has 0 spiro atoms. The van der Waals surface area contributed by atoms with Crippen molar-refractivity contribution in [2.45, 2.75) is 23.2 Å². The summed E-state index contributed by atoms with van der Waals surface area (Å²) in [4.78, 5) is 0. The quantitative estimate of drug-likeness (QED) is 0.737. The Morgan fingerprint density at radius 1 is 1.18 bits per heavy atom. The van der Waals surface area contributed by atoms with Crippen LogP contribution in [0.3, 0.4) is 0 Å². The SMILES string of the molecule is C=C[Si](C)(C)C1(c2ccccc2)SCCCS1. The first-order chi connectivity index (χ1) is 8.12. The number of hydrogen-bond acceptors (Lipinski definition) is 2. The van der Waals surface area contributed by atoms with Crippen LogP contribution >= 0.6 is 23.5 Å². The van der Waals surface area contributed by atoms with Crippen molar-refractivity contribution < 1.29 is 0 Å². The largest absolute Gasteiger partial charge is 0.142 e. The highest BCUT2D eigenvalue weighted by Crippen LogP contribution is 2.55. The van der Waals surface area contributed by atoms with Gasteiger partial charge in [-0.3, -0.25) is 0 Å². The van der Waals surface area contributed by atoms with Crippen LogP contribution in [-0.2, 0) is 3.70 Å². The zero-order chi connectivity index (χ0) is 12.4. The molecule has 1 heterocycles. The second-order valence-electron chi connectivity index (χ2n) is 4.96. The van der Waals surface area contributed by atoms with Gasteiger partial charge in [0.05, 0.1) is 3.70 Å². The number of thioether (sulfide) groups is 2. The standard InChI is InChI=1S/C14H20S2Si/c1-4-17(2,3)14(15-11-8-12-16-14)13-9-6-5-7-10-13/h4-7,9-10H,1,8,11-12H2,2-3H3. The first-order valence-corrected chi connectivity index (χ1v) is 11.1. The van der Waals surface area contributed by atoms with Gasteiger partial charge in [-0.2, -0.15) is 0 Å². The molecular weight excluding hydrogens is 260 g/mol. The summed E-state index contributed by atoms with van der Waals surface area (Å²) >= 11 is 4.30. The molecule has 1 aromatic rings. The molecule has 0 unspecified atom stereocenters. The van der Waals surface area contributed by atoms with Crippen LogP contribution in [-0.4, -0.2) is 19.6 Å². The minimum atomic E-state index is -1.48. The van der Waals surface area contributed by atoms with Crippen molar-refractivity contribution in [1.82, 2.24) is 0 Å². The Morgan fingerprint density at radius 3 is 2.29 bits per heavy atom. The van der Waals surface area contributed by atoms with E-state index in [1.165, 1.54) is 23.5 Å². The van der Waals surface area contributed by atoms with Crippen LogP contribution in [0.15, 0.2) is 42.6 Å². The molecule has 92 valence electrons. The predicted octanol–water partition coefficient (Wildman–Crippen LogP) is 4.68. The molecule has 3 heteroatoms. The number of hydrogen-bond donors (Lipinski definition) is 0. The maximum absolute atomic E-state index is 4.11. The van der Waals surface area contributed by atoms with Crippen molar-refractivity contribution >= 4 is 31.6 Å². The van der Waals surface area contributed by atoms with Crippen molar-refractivity contribution in [3.05, 3.63) is 48.2 Å². The van der Waals surface area contributed by atoms with Gasteiger partial charge in [-0.25, -0.2) is 0 Å². The molecule has 1 fully saturated rings. The second kappa shape index (κ2) is 5.25. The Hall–Kier alpha value is -0.123. The van der Waals surface area contributed by atoms with Gasteiger partial charge in [0.1, 0.15) is 8.07 Å². The van der Waals surface area contributed by atoms with Crippen molar-refractivity contribution in [2.24, 2.45) is 0 Å². The normalized spacial score (nSPS) is 19.9. The lowest BCUT2D eigenvalue weighted by Crippen LogP contribution is -2.47. The second-order valence-corrected chi connectivity index (χ2v) is 13.2. The van der Waals surface area contributed by atoms with E-state index in [0.717, 1.165) is 0 Å². The Labute approximate surface area is 114 Å². The monoisotopic (exact) mass is 280 g/mol. The molecule has 2 rings (SSSR count). The summed E-state index contributed by atoms with van der Waals surface area (Å²) in [6.45, 7) is 9.00. The highest BCUT2D eigenvalue weighted by molar-refractivity contribution is 8.20. The average molecular weight is 281 g/mol. The molecule has 0 nitrogen and oxygen atoms in total. The van der Waals surface area contributed by atoms with Gasteiger partial charge in [0.15, 0.2) is 0 Å². The molecule has 1 aliphatic heterocycles. The molecule has 0 saturated carbocycles. The van der Waals surface area contributed by atoms with Gasteiger partial charge in [0.2, 0.25) is 0 Å². The maximum atomic E-state index is 4.11. The van der Waals surface area contributed by atoms with Crippen LogP contribution < -0.4 is 0 Å². The van der Waals surface area contributed by atoms with Gasteiger partial charge in [-0.05, 0) is 23.5 Å². The molecule has 0 N–H and O–H groups in total. The lowest BCUT2D eigenvalue weighted by atomic mass is 10.2. The lowest BCUT2D eigenvalue weighted by molar-refractivity contribution is 1.06. The molecule has 0 amide bonds. The molecule has 0 aliphatic carbocycles. The minimum Gasteiger partial charge on any atom is -0.142 e. The molecule has 1 aliphatic rings. The van der Waals surface area contributed by atoms with E-state index >= 15 is 0 Å². The van der Waals surface area contributed by atoms with Crippen LogP contribution in [0.2, 0.25) is 13.1 Å². The molecule has 1 saturated heterocycles. The molecule has 0 aromatic heterocycles.